The van der Waals surface area contributed by atoms with E-state index in [0.717, 1.165) is 11.4 Å². The van der Waals surface area contributed by atoms with Crippen molar-refractivity contribution < 1.29 is 14.0 Å². The van der Waals surface area contributed by atoms with E-state index >= 15 is 0 Å². The van der Waals surface area contributed by atoms with Crippen molar-refractivity contribution >= 4 is 63.7 Å². The maximum Gasteiger partial charge on any atom is 0.293 e. The summed E-state index contributed by atoms with van der Waals surface area (Å²) in [6.45, 7) is 4.63. The molecule has 1 aliphatic rings. The third kappa shape index (κ3) is 5.78. The van der Waals surface area contributed by atoms with Gasteiger partial charge in [0.2, 0.25) is 5.91 Å². The van der Waals surface area contributed by atoms with Crippen LogP contribution in [0.3, 0.4) is 0 Å². The molecule has 1 fully saturated rings. The van der Waals surface area contributed by atoms with Crippen LogP contribution in [0.25, 0.3) is 11.3 Å². The van der Waals surface area contributed by atoms with E-state index in [9.17, 15) is 9.59 Å². The molecule has 1 aliphatic heterocycles. The lowest BCUT2D eigenvalue weighted by atomic mass is 10.2. The second kappa shape index (κ2) is 11.1. The van der Waals surface area contributed by atoms with Crippen LogP contribution in [-0.2, 0) is 4.79 Å². The number of nitrogens with one attached hydrogen (secondary N) is 2. The van der Waals surface area contributed by atoms with Crippen molar-refractivity contribution in [1.29, 1.82) is 0 Å². The van der Waals surface area contributed by atoms with Crippen molar-refractivity contribution in [3.8, 4) is 11.3 Å². The second-order valence-electron chi connectivity index (χ2n) is 7.91. The molecule has 1 saturated heterocycles. The van der Waals surface area contributed by atoms with Gasteiger partial charge in [0, 0.05) is 38.2 Å². The highest BCUT2D eigenvalue weighted by Crippen LogP contribution is 2.34. The topological polar surface area (TPSA) is 77.8 Å². The first-order valence-electron chi connectivity index (χ1n) is 11.2. The van der Waals surface area contributed by atoms with E-state index in [-0.39, 0.29) is 16.8 Å². The summed E-state index contributed by atoms with van der Waals surface area (Å²) >= 11 is 17.7. The molecule has 4 rings (SSSR count). The molecule has 2 heterocycles. The predicted octanol–water partition coefficient (Wildman–Crippen LogP) is 5.44. The van der Waals surface area contributed by atoms with E-state index in [1.165, 1.54) is 0 Å². The van der Waals surface area contributed by atoms with E-state index in [0.29, 0.717) is 54.0 Å². The van der Waals surface area contributed by atoms with Crippen LogP contribution in [0.4, 0.5) is 11.4 Å². The molecule has 0 aliphatic carbocycles. The molecule has 35 heavy (non-hydrogen) atoms. The molecule has 2 N–H and O–H groups in total. The Hall–Kier alpha value is -3.07. The predicted molar refractivity (Wildman–Crippen MR) is 143 cm³/mol. The summed E-state index contributed by atoms with van der Waals surface area (Å²) in [6, 6.07) is 16.1. The number of para-hydroxylation sites is 2. The fraction of sp³-hybridized carbons (Fsp3) is 0.240. The van der Waals surface area contributed by atoms with E-state index < -0.39 is 5.91 Å². The molecule has 0 bridgehead atoms. The summed E-state index contributed by atoms with van der Waals surface area (Å²) in [5.41, 5.74) is 2.30. The molecule has 0 spiro atoms. The molecule has 3 aromatic rings. The normalized spacial score (nSPS) is 13.5. The highest BCUT2D eigenvalue weighted by atomic mass is 35.5. The van der Waals surface area contributed by atoms with Crippen molar-refractivity contribution in [3.05, 3.63) is 70.4 Å². The zero-order chi connectivity index (χ0) is 24.9. The Kier molecular flexibility index (Phi) is 7.95. The smallest absolute Gasteiger partial charge is 0.293 e. The number of anilines is 2. The van der Waals surface area contributed by atoms with Crippen LogP contribution in [0.5, 0.6) is 0 Å². The first-order chi connectivity index (χ1) is 16.9. The minimum atomic E-state index is -0.490. The summed E-state index contributed by atoms with van der Waals surface area (Å²) in [6.07, 6.45) is 0.509. The van der Waals surface area contributed by atoms with Crippen LogP contribution in [0.1, 0.15) is 23.9 Å². The number of hydrogen-bond donors (Lipinski definition) is 2. The van der Waals surface area contributed by atoms with Gasteiger partial charge in [-0.2, -0.15) is 0 Å². The Labute approximate surface area is 219 Å². The van der Waals surface area contributed by atoms with Crippen LogP contribution in [0.2, 0.25) is 10.0 Å². The first kappa shape index (κ1) is 25.0. The van der Waals surface area contributed by atoms with Crippen LogP contribution in [0, 0.1) is 0 Å². The number of nitrogens with zero attached hydrogens (tertiary/aromatic N) is 2. The SMILES string of the molecule is CCC(=O)N1CCN(c2ccccc2NC(=S)NC(=O)c2ccc(-c3cccc(Cl)c3Cl)o2)CC1. The maximum atomic E-state index is 12.7. The number of furan rings is 1. The number of halogens is 2. The summed E-state index contributed by atoms with van der Waals surface area (Å²) in [5.74, 6) is 0.188. The third-order valence-electron chi connectivity index (χ3n) is 5.70. The molecule has 1 aromatic heterocycles. The molecule has 2 amide bonds. The highest BCUT2D eigenvalue weighted by molar-refractivity contribution is 7.80. The lowest BCUT2D eigenvalue weighted by molar-refractivity contribution is -0.131. The van der Waals surface area contributed by atoms with Crippen LogP contribution in [0.15, 0.2) is 59.0 Å². The zero-order valence-electron chi connectivity index (χ0n) is 19.0. The van der Waals surface area contributed by atoms with Gasteiger partial charge in [-0.3, -0.25) is 14.9 Å². The molecule has 0 saturated carbocycles. The van der Waals surface area contributed by atoms with E-state index in [1.807, 2.05) is 36.1 Å². The van der Waals surface area contributed by atoms with Gasteiger partial charge in [-0.1, -0.05) is 48.3 Å². The number of benzene rings is 2. The molecular weight excluding hydrogens is 507 g/mol. The van der Waals surface area contributed by atoms with E-state index in [4.69, 9.17) is 39.8 Å². The number of carbonyl (C=O) groups excluding carboxylic acids is 2. The van der Waals surface area contributed by atoms with Gasteiger partial charge in [-0.25, -0.2) is 0 Å². The molecule has 10 heteroatoms. The average molecular weight is 531 g/mol. The minimum Gasteiger partial charge on any atom is -0.451 e. The Bertz CT molecular complexity index is 1260. The third-order valence-corrected chi connectivity index (χ3v) is 6.72. The number of carbonyl (C=O) groups is 2. The van der Waals surface area contributed by atoms with Gasteiger partial charge >= 0.3 is 0 Å². The number of piperazine rings is 1. The lowest BCUT2D eigenvalue weighted by Gasteiger charge is -2.37. The van der Waals surface area contributed by atoms with Crippen LogP contribution >= 0.6 is 35.4 Å². The average Bonchev–Trinajstić information content (AvgIpc) is 3.36. The number of thiocarbonyl (C=S) groups is 1. The van der Waals surface area contributed by atoms with Crippen molar-refractivity contribution in [2.45, 2.75) is 13.3 Å². The van der Waals surface area contributed by atoms with Crippen molar-refractivity contribution in [3.63, 3.8) is 0 Å². The Morgan fingerprint density at radius 2 is 1.74 bits per heavy atom. The van der Waals surface area contributed by atoms with Crippen LogP contribution in [-0.4, -0.2) is 48.0 Å². The van der Waals surface area contributed by atoms with Crippen molar-refractivity contribution in [2.75, 3.05) is 36.4 Å². The van der Waals surface area contributed by atoms with Gasteiger partial charge in [-0.15, -0.1) is 0 Å². The summed E-state index contributed by atoms with van der Waals surface area (Å²) in [5, 5.41) is 6.65. The molecular formula is C25H24Cl2N4O3S. The van der Waals surface area contributed by atoms with Crippen LogP contribution < -0.4 is 15.5 Å². The number of hydrogen-bond acceptors (Lipinski definition) is 5. The van der Waals surface area contributed by atoms with Crippen molar-refractivity contribution in [1.82, 2.24) is 10.2 Å². The number of rotatable bonds is 5. The zero-order valence-corrected chi connectivity index (χ0v) is 21.3. The minimum absolute atomic E-state index is 0.0881. The molecule has 182 valence electrons. The van der Waals surface area contributed by atoms with Gasteiger partial charge in [0.1, 0.15) is 5.76 Å². The first-order valence-corrected chi connectivity index (χ1v) is 12.3. The fourth-order valence-corrected chi connectivity index (χ4v) is 4.49. The highest BCUT2D eigenvalue weighted by Gasteiger charge is 2.22. The summed E-state index contributed by atoms with van der Waals surface area (Å²) in [4.78, 5) is 28.8. The molecule has 2 aromatic carbocycles. The molecule has 7 nitrogen and oxygen atoms in total. The van der Waals surface area contributed by atoms with E-state index in [1.54, 1.807) is 30.3 Å². The van der Waals surface area contributed by atoms with Gasteiger partial charge < -0.3 is 19.5 Å². The van der Waals surface area contributed by atoms with Gasteiger partial charge in [0.25, 0.3) is 5.91 Å². The Balaban J connectivity index is 1.40. The van der Waals surface area contributed by atoms with Gasteiger partial charge in [0.05, 0.1) is 21.4 Å². The summed E-state index contributed by atoms with van der Waals surface area (Å²) < 4.78 is 5.69. The second-order valence-corrected chi connectivity index (χ2v) is 9.11. The lowest BCUT2D eigenvalue weighted by Crippen LogP contribution is -2.48. The largest absolute Gasteiger partial charge is 0.451 e. The molecule has 0 unspecified atom stereocenters. The standard InChI is InChI=1S/C25H24Cl2N4O3S/c1-2-22(32)31-14-12-30(13-15-31)19-9-4-3-8-18(19)28-25(35)29-24(33)21-11-10-20(34-21)16-6-5-7-17(26)23(16)27/h3-11H,2,12-15H2,1H3,(H2,28,29,33,35). The van der Waals surface area contributed by atoms with Crippen molar-refractivity contribution in [2.24, 2.45) is 0 Å². The quantitative estimate of drug-likeness (QED) is 0.427. The number of amides is 2. The molecule has 0 radical (unpaired) electrons. The monoisotopic (exact) mass is 530 g/mol. The van der Waals surface area contributed by atoms with Gasteiger partial charge in [-0.05, 0) is 48.6 Å². The van der Waals surface area contributed by atoms with E-state index in [2.05, 4.69) is 15.5 Å². The Morgan fingerprint density at radius 1 is 1.00 bits per heavy atom. The van der Waals surface area contributed by atoms with Gasteiger partial charge in [0.15, 0.2) is 10.9 Å². The Morgan fingerprint density at radius 3 is 2.49 bits per heavy atom. The molecule has 0 atom stereocenters. The maximum absolute atomic E-state index is 12.7. The summed E-state index contributed by atoms with van der Waals surface area (Å²) in [7, 11) is 0. The fourth-order valence-electron chi connectivity index (χ4n) is 3.89.